The van der Waals surface area contributed by atoms with E-state index in [-0.39, 0.29) is 45.3 Å². The third-order valence-corrected chi connectivity index (χ3v) is 13.8. The third kappa shape index (κ3) is 10.6. The largest absolute Gasteiger partial charge is 0.495 e. The average molecular weight is 929 g/mol. The van der Waals surface area contributed by atoms with Gasteiger partial charge in [-0.15, -0.1) is 0 Å². The fourth-order valence-corrected chi connectivity index (χ4v) is 9.71. The number of anilines is 6. The minimum absolute atomic E-state index is 0.0739. The summed E-state index contributed by atoms with van der Waals surface area (Å²) in [5.74, 6) is 2.56. The molecular formula is C46H55Cl2N11O6. The maximum Gasteiger partial charge on any atom is 0.327 e. The van der Waals surface area contributed by atoms with Crippen LogP contribution in [0.4, 0.5) is 39.3 Å². The highest BCUT2D eigenvalue weighted by Crippen LogP contribution is 2.44. The number of nitrogens with one attached hydrogen (secondary N) is 3. The van der Waals surface area contributed by atoms with E-state index in [0.29, 0.717) is 55.0 Å². The van der Waals surface area contributed by atoms with Gasteiger partial charge in [-0.3, -0.25) is 24.6 Å². The molecule has 1 unspecified atom stereocenters. The second-order valence-corrected chi connectivity index (χ2v) is 17.7. The molecule has 4 fully saturated rings. The third-order valence-electron chi connectivity index (χ3n) is 13.0. The van der Waals surface area contributed by atoms with E-state index in [1.807, 2.05) is 24.3 Å². The molecule has 0 saturated carbocycles. The van der Waals surface area contributed by atoms with Gasteiger partial charge >= 0.3 is 6.03 Å². The predicted molar refractivity (Wildman–Crippen MR) is 251 cm³/mol. The molecule has 2 aromatic carbocycles. The van der Waals surface area contributed by atoms with Gasteiger partial charge in [-0.05, 0) is 87.0 Å². The zero-order valence-corrected chi connectivity index (χ0v) is 38.4. The second-order valence-electron chi connectivity index (χ2n) is 17.0. The summed E-state index contributed by atoms with van der Waals surface area (Å²) in [6, 6.07) is 14.7. The number of piperidine rings is 3. The van der Waals surface area contributed by atoms with Gasteiger partial charge in [0.15, 0.2) is 0 Å². The zero-order valence-electron chi connectivity index (χ0n) is 36.9. The van der Waals surface area contributed by atoms with Crippen molar-refractivity contribution >= 4 is 81.5 Å². The van der Waals surface area contributed by atoms with Gasteiger partial charge in [0.25, 0.3) is 0 Å². The molecular weight excluding hydrogens is 873 g/mol. The molecule has 1 atom stereocenters. The smallest absolute Gasteiger partial charge is 0.327 e. The van der Waals surface area contributed by atoms with Crippen molar-refractivity contribution < 1.29 is 28.7 Å². The van der Waals surface area contributed by atoms with Crippen LogP contribution >= 0.6 is 23.2 Å². The number of carbonyl (C=O) groups is 4. The van der Waals surface area contributed by atoms with Crippen molar-refractivity contribution in [2.75, 3.05) is 106 Å². The number of rotatable bonds is 12. The zero-order chi connectivity index (χ0) is 45.6. The number of likely N-dealkylation sites (tertiary alicyclic amines) is 1. The van der Waals surface area contributed by atoms with Gasteiger partial charge in [-0.25, -0.2) is 19.7 Å². The van der Waals surface area contributed by atoms with Crippen molar-refractivity contribution in [3.63, 3.8) is 0 Å². The number of amides is 5. The molecule has 5 amide bonds. The number of benzene rings is 2. The van der Waals surface area contributed by atoms with E-state index in [2.05, 4.69) is 62.6 Å². The van der Waals surface area contributed by atoms with E-state index in [4.69, 9.17) is 32.7 Å². The molecule has 0 aliphatic carbocycles. The molecule has 4 saturated heterocycles. The van der Waals surface area contributed by atoms with E-state index in [9.17, 15) is 19.2 Å². The van der Waals surface area contributed by atoms with E-state index in [0.717, 1.165) is 94.3 Å². The highest BCUT2D eigenvalue weighted by atomic mass is 35.5. The number of ether oxygens (including phenoxy) is 2. The number of pyridine rings is 1. The van der Waals surface area contributed by atoms with Crippen LogP contribution in [0.2, 0.25) is 10.0 Å². The van der Waals surface area contributed by atoms with Gasteiger partial charge in [-0.1, -0.05) is 29.3 Å². The Labute approximate surface area is 388 Å². The molecule has 19 heteroatoms. The molecule has 3 N–H and O–H groups in total. The molecule has 4 aliphatic heterocycles. The lowest BCUT2D eigenvalue weighted by atomic mass is 9.91. The standard InChI is InChI=1S/C46H55Cl2N11O6/c1-55(46(63)54-43-41(47)35(64-2)24-36(65-3)42(43)48)39-25-37(50-28-51-39)52-32-5-7-33(8-6-32)57-20-22-59(23-21-57)45(62)30-14-16-56(17-15-30)27-29-12-18-58(19-13-29)38-10-4-31(26-49-38)34-9-11-40(60)53-44(34)61/h4-8,10,24-26,28-30,34H,9,11-23,27H2,1-3H3,(H,54,63)(H,50,51,52)(H,53,60,61). The highest BCUT2D eigenvalue weighted by Gasteiger charge is 2.33. The van der Waals surface area contributed by atoms with E-state index < -0.39 is 6.03 Å². The number of piperazine rings is 1. The molecule has 8 rings (SSSR count). The monoisotopic (exact) mass is 927 g/mol. The summed E-state index contributed by atoms with van der Waals surface area (Å²) in [7, 11) is 4.47. The molecule has 0 bridgehead atoms. The van der Waals surface area contributed by atoms with Crippen molar-refractivity contribution in [3.05, 3.63) is 76.7 Å². The van der Waals surface area contributed by atoms with Gasteiger partial charge in [0, 0.05) is 94.9 Å². The lowest BCUT2D eigenvalue weighted by molar-refractivity contribution is -0.137. The first-order valence-electron chi connectivity index (χ1n) is 22.1. The van der Waals surface area contributed by atoms with Crippen LogP contribution in [-0.4, -0.2) is 129 Å². The van der Waals surface area contributed by atoms with Gasteiger partial charge in [0.2, 0.25) is 17.7 Å². The normalized spacial score (nSPS) is 18.8. The molecule has 6 heterocycles. The van der Waals surface area contributed by atoms with Crippen LogP contribution in [0.5, 0.6) is 11.5 Å². The Balaban J connectivity index is 0.748. The number of imide groups is 1. The van der Waals surface area contributed by atoms with Gasteiger partial charge < -0.3 is 39.7 Å². The lowest BCUT2D eigenvalue weighted by Gasteiger charge is -2.40. The summed E-state index contributed by atoms with van der Waals surface area (Å²) in [4.78, 5) is 74.6. The lowest BCUT2D eigenvalue weighted by Crippen LogP contribution is -2.52. The number of aromatic nitrogens is 3. The Morgan fingerprint density at radius 2 is 1.51 bits per heavy atom. The Morgan fingerprint density at radius 1 is 0.815 bits per heavy atom. The Bertz CT molecular complexity index is 2320. The van der Waals surface area contributed by atoms with Crippen molar-refractivity contribution in [1.82, 2.24) is 30.1 Å². The summed E-state index contributed by atoms with van der Waals surface area (Å²) in [5.41, 5.74) is 2.89. The first-order valence-corrected chi connectivity index (χ1v) is 22.9. The molecule has 0 radical (unpaired) electrons. The number of methoxy groups -OCH3 is 2. The van der Waals surface area contributed by atoms with Crippen molar-refractivity contribution in [1.29, 1.82) is 0 Å². The first-order chi connectivity index (χ1) is 31.5. The molecule has 4 aromatic rings. The summed E-state index contributed by atoms with van der Waals surface area (Å²) in [6.45, 7) is 7.77. The number of halogens is 2. The van der Waals surface area contributed by atoms with Crippen LogP contribution in [0.1, 0.15) is 50.0 Å². The summed E-state index contributed by atoms with van der Waals surface area (Å²) in [6.07, 6.45) is 8.03. The van der Waals surface area contributed by atoms with E-state index in [1.54, 1.807) is 19.3 Å². The number of hydrogen-bond donors (Lipinski definition) is 3. The molecule has 4 aliphatic rings. The Morgan fingerprint density at radius 3 is 2.14 bits per heavy atom. The molecule has 65 heavy (non-hydrogen) atoms. The predicted octanol–water partition coefficient (Wildman–Crippen LogP) is 6.40. The van der Waals surface area contributed by atoms with Crippen molar-refractivity contribution in [3.8, 4) is 11.5 Å². The summed E-state index contributed by atoms with van der Waals surface area (Å²) >= 11 is 12.9. The molecule has 2 aromatic heterocycles. The van der Waals surface area contributed by atoms with Crippen LogP contribution in [0.15, 0.2) is 61.1 Å². The number of nitrogens with zero attached hydrogens (tertiary/aromatic N) is 8. The maximum absolute atomic E-state index is 13.7. The van der Waals surface area contributed by atoms with Crippen LogP contribution in [0.25, 0.3) is 0 Å². The minimum Gasteiger partial charge on any atom is -0.495 e. The summed E-state index contributed by atoms with van der Waals surface area (Å²) in [5, 5.41) is 8.71. The number of carbonyl (C=O) groups excluding carboxylic acids is 4. The number of hydrogen-bond acceptors (Lipinski definition) is 13. The fourth-order valence-electron chi connectivity index (χ4n) is 9.11. The second kappa shape index (κ2) is 20.5. The van der Waals surface area contributed by atoms with Crippen LogP contribution in [0, 0.1) is 11.8 Å². The van der Waals surface area contributed by atoms with Crippen LogP contribution in [-0.2, 0) is 14.4 Å². The van der Waals surface area contributed by atoms with Crippen LogP contribution < -0.4 is 40.1 Å². The SMILES string of the molecule is COc1cc(OC)c(Cl)c(NC(=O)N(C)c2cc(Nc3ccc(N4CCN(C(=O)C5CCN(CC6CCN(c7ccc(C8CCC(=O)NC8=O)cn7)CC6)CC5)CC4)cc3)ncn2)c1Cl. The van der Waals surface area contributed by atoms with Crippen molar-refractivity contribution in [2.24, 2.45) is 11.8 Å². The number of urea groups is 1. The first kappa shape index (κ1) is 45.7. The molecule has 17 nitrogen and oxygen atoms in total. The average Bonchev–Trinajstić information content (AvgIpc) is 3.33. The Kier molecular flexibility index (Phi) is 14.4. The maximum atomic E-state index is 13.7. The van der Waals surface area contributed by atoms with Gasteiger partial charge in [-0.2, -0.15) is 0 Å². The quantitative estimate of drug-likeness (QED) is 0.133. The van der Waals surface area contributed by atoms with E-state index >= 15 is 0 Å². The highest BCUT2D eigenvalue weighted by molar-refractivity contribution is 6.41. The molecule has 344 valence electrons. The minimum atomic E-state index is -0.542. The molecule has 0 spiro atoms. The van der Waals surface area contributed by atoms with Gasteiger partial charge in [0.05, 0.1) is 25.8 Å². The fraction of sp³-hybridized carbons (Fsp3) is 0.457. The van der Waals surface area contributed by atoms with Crippen LogP contribution in [0.3, 0.4) is 0 Å². The summed E-state index contributed by atoms with van der Waals surface area (Å²) < 4.78 is 10.6. The van der Waals surface area contributed by atoms with E-state index in [1.165, 1.54) is 31.5 Å². The van der Waals surface area contributed by atoms with Crippen molar-refractivity contribution in [2.45, 2.75) is 44.4 Å². The topological polar surface area (TPSA) is 178 Å². The van der Waals surface area contributed by atoms with Gasteiger partial charge in [0.1, 0.15) is 45.3 Å². The Hall–Kier alpha value is -5.91.